The van der Waals surface area contributed by atoms with Gasteiger partial charge in [-0.15, -0.1) is 11.8 Å². The lowest BCUT2D eigenvalue weighted by molar-refractivity contribution is -0.134. The summed E-state index contributed by atoms with van der Waals surface area (Å²) in [5.74, 6) is -0.749. The number of urea groups is 1. The number of benzene rings is 2. The summed E-state index contributed by atoms with van der Waals surface area (Å²) < 4.78 is 0. The van der Waals surface area contributed by atoms with Gasteiger partial charge in [-0.2, -0.15) is 0 Å². The molecule has 1 aliphatic heterocycles. The molecule has 0 saturated carbocycles. The lowest BCUT2D eigenvalue weighted by atomic mass is 9.76. The van der Waals surface area contributed by atoms with Crippen LogP contribution in [0.3, 0.4) is 0 Å². The van der Waals surface area contributed by atoms with E-state index in [-0.39, 0.29) is 12.5 Å². The SMILES string of the molecule is CSc1cccc(NC(=O)CN2C(=O)N[C@@]3(CCCc4ccccc43)C2=O)c1. The molecule has 0 unspecified atom stereocenters. The van der Waals surface area contributed by atoms with Gasteiger partial charge in [0.2, 0.25) is 5.91 Å². The molecule has 1 heterocycles. The third-order valence-electron chi connectivity index (χ3n) is 5.31. The standard InChI is InChI=1S/C21H21N3O3S/c1-28-16-9-4-8-15(12-16)22-18(25)13-24-19(26)21(23-20(24)27)11-5-7-14-6-2-3-10-17(14)21/h2-4,6,8-10,12H,5,7,11,13H2,1H3,(H,22,25)(H,23,27)/t21-/m1/s1. The quantitative estimate of drug-likeness (QED) is 0.616. The van der Waals surface area contributed by atoms with Crippen LogP contribution in [-0.4, -0.2) is 35.5 Å². The first-order valence-electron chi connectivity index (χ1n) is 9.20. The maximum Gasteiger partial charge on any atom is 0.325 e. The van der Waals surface area contributed by atoms with E-state index in [1.54, 1.807) is 17.8 Å². The van der Waals surface area contributed by atoms with Crippen molar-refractivity contribution in [3.63, 3.8) is 0 Å². The van der Waals surface area contributed by atoms with E-state index in [1.165, 1.54) is 0 Å². The summed E-state index contributed by atoms with van der Waals surface area (Å²) in [7, 11) is 0. The fraction of sp³-hybridized carbons (Fsp3) is 0.286. The monoisotopic (exact) mass is 395 g/mol. The van der Waals surface area contributed by atoms with Gasteiger partial charge in [0.1, 0.15) is 12.1 Å². The lowest BCUT2D eigenvalue weighted by Gasteiger charge is -2.33. The van der Waals surface area contributed by atoms with E-state index >= 15 is 0 Å². The van der Waals surface area contributed by atoms with E-state index in [9.17, 15) is 14.4 Å². The van der Waals surface area contributed by atoms with Crippen LogP contribution in [0.25, 0.3) is 0 Å². The number of fused-ring (bicyclic) bond motifs is 2. The molecule has 2 N–H and O–H groups in total. The zero-order chi connectivity index (χ0) is 19.7. The topological polar surface area (TPSA) is 78.5 Å². The summed E-state index contributed by atoms with van der Waals surface area (Å²) in [6.07, 6.45) is 4.19. The summed E-state index contributed by atoms with van der Waals surface area (Å²) in [6, 6.07) is 14.6. The van der Waals surface area contributed by atoms with Crippen molar-refractivity contribution in [1.82, 2.24) is 10.2 Å². The molecule has 7 heteroatoms. The summed E-state index contributed by atoms with van der Waals surface area (Å²) >= 11 is 1.57. The Kier molecular flexibility index (Phi) is 4.85. The van der Waals surface area contributed by atoms with E-state index in [0.29, 0.717) is 12.1 Å². The Morgan fingerprint density at radius 2 is 2.04 bits per heavy atom. The maximum atomic E-state index is 13.2. The molecule has 0 bridgehead atoms. The highest BCUT2D eigenvalue weighted by atomic mass is 32.2. The Hall–Kier alpha value is -2.80. The Morgan fingerprint density at radius 1 is 1.21 bits per heavy atom. The molecule has 1 aliphatic carbocycles. The van der Waals surface area contributed by atoms with Gasteiger partial charge in [-0.1, -0.05) is 30.3 Å². The molecule has 4 rings (SSSR count). The fourth-order valence-electron chi connectivity index (χ4n) is 4.00. The predicted octanol–water partition coefficient (Wildman–Crippen LogP) is 3.13. The number of nitrogens with zero attached hydrogens (tertiary/aromatic N) is 1. The second kappa shape index (κ2) is 7.31. The number of hydrogen-bond donors (Lipinski definition) is 2. The highest BCUT2D eigenvalue weighted by Gasteiger charge is 2.54. The minimum atomic E-state index is -1.05. The van der Waals surface area contributed by atoms with Gasteiger partial charge in [0, 0.05) is 10.6 Å². The molecule has 0 radical (unpaired) electrons. The van der Waals surface area contributed by atoms with Crippen LogP contribution in [0.1, 0.15) is 24.0 Å². The third-order valence-corrected chi connectivity index (χ3v) is 6.03. The predicted molar refractivity (Wildman–Crippen MR) is 108 cm³/mol. The Morgan fingerprint density at radius 3 is 2.86 bits per heavy atom. The van der Waals surface area contributed by atoms with Gasteiger partial charge in [-0.05, 0) is 54.8 Å². The van der Waals surface area contributed by atoms with E-state index in [1.807, 2.05) is 48.7 Å². The Bertz CT molecular complexity index is 961. The molecular formula is C21H21N3O3S. The van der Waals surface area contributed by atoms with Gasteiger partial charge in [0.15, 0.2) is 0 Å². The third kappa shape index (κ3) is 3.16. The first kappa shape index (κ1) is 18.6. The molecule has 2 aromatic carbocycles. The van der Waals surface area contributed by atoms with Crippen molar-refractivity contribution in [2.75, 3.05) is 18.1 Å². The molecule has 2 aromatic rings. The molecule has 144 valence electrons. The van der Waals surface area contributed by atoms with Crippen LogP contribution < -0.4 is 10.6 Å². The van der Waals surface area contributed by atoms with Crippen LogP contribution in [0.4, 0.5) is 10.5 Å². The number of amides is 4. The van der Waals surface area contributed by atoms with Crippen molar-refractivity contribution in [3.8, 4) is 0 Å². The highest BCUT2D eigenvalue weighted by Crippen LogP contribution is 2.39. The number of carbonyl (C=O) groups is 3. The molecule has 6 nitrogen and oxygen atoms in total. The average molecular weight is 395 g/mol. The van der Waals surface area contributed by atoms with Gasteiger partial charge in [0.05, 0.1) is 0 Å². The number of aryl methyl sites for hydroxylation is 1. The molecule has 4 amide bonds. The number of hydrogen-bond acceptors (Lipinski definition) is 4. The molecule has 2 aliphatic rings. The number of thioether (sulfide) groups is 1. The fourth-order valence-corrected chi connectivity index (χ4v) is 4.46. The lowest BCUT2D eigenvalue weighted by Crippen LogP contribution is -2.47. The zero-order valence-electron chi connectivity index (χ0n) is 15.5. The molecule has 28 heavy (non-hydrogen) atoms. The number of anilines is 1. The molecule has 1 atom stereocenters. The first-order valence-corrected chi connectivity index (χ1v) is 10.4. The first-order chi connectivity index (χ1) is 13.5. The minimum absolute atomic E-state index is 0.307. The van der Waals surface area contributed by atoms with Crippen molar-refractivity contribution in [2.45, 2.75) is 29.7 Å². The summed E-state index contributed by atoms with van der Waals surface area (Å²) in [5.41, 5.74) is 1.50. The normalized spacial score (nSPS) is 20.8. The van der Waals surface area contributed by atoms with Gasteiger partial charge in [-0.3, -0.25) is 14.5 Å². The average Bonchev–Trinajstić information content (AvgIpc) is 2.93. The second-order valence-electron chi connectivity index (χ2n) is 7.02. The van der Waals surface area contributed by atoms with Crippen LogP contribution in [-0.2, 0) is 21.5 Å². The van der Waals surface area contributed by atoms with Crippen molar-refractivity contribution < 1.29 is 14.4 Å². The van der Waals surface area contributed by atoms with E-state index < -0.39 is 17.5 Å². The van der Waals surface area contributed by atoms with Crippen molar-refractivity contribution in [3.05, 3.63) is 59.7 Å². The van der Waals surface area contributed by atoms with Gasteiger partial charge in [-0.25, -0.2) is 4.79 Å². The van der Waals surface area contributed by atoms with Crippen LogP contribution in [0.15, 0.2) is 53.4 Å². The van der Waals surface area contributed by atoms with Crippen LogP contribution in [0.2, 0.25) is 0 Å². The summed E-state index contributed by atoms with van der Waals surface area (Å²) in [4.78, 5) is 40.3. The molecule has 1 saturated heterocycles. The van der Waals surface area contributed by atoms with Crippen molar-refractivity contribution in [2.24, 2.45) is 0 Å². The molecule has 1 fully saturated rings. The van der Waals surface area contributed by atoms with Gasteiger partial charge < -0.3 is 10.6 Å². The van der Waals surface area contributed by atoms with E-state index in [0.717, 1.165) is 33.8 Å². The van der Waals surface area contributed by atoms with Crippen LogP contribution in [0.5, 0.6) is 0 Å². The zero-order valence-corrected chi connectivity index (χ0v) is 16.3. The van der Waals surface area contributed by atoms with Crippen molar-refractivity contribution >= 4 is 35.3 Å². The van der Waals surface area contributed by atoms with Crippen LogP contribution >= 0.6 is 11.8 Å². The van der Waals surface area contributed by atoms with E-state index in [4.69, 9.17) is 0 Å². The van der Waals surface area contributed by atoms with Crippen molar-refractivity contribution in [1.29, 1.82) is 0 Å². The Labute approximate surface area is 167 Å². The smallest absolute Gasteiger partial charge is 0.324 e. The van der Waals surface area contributed by atoms with Gasteiger partial charge >= 0.3 is 6.03 Å². The number of rotatable bonds is 4. The summed E-state index contributed by atoms with van der Waals surface area (Å²) in [6.45, 7) is -0.307. The molecule has 0 aromatic heterocycles. The largest absolute Gasteiger partial charge is 0.325 e. The van der Waals surface area contributed by atoms with Gasteiger partial charge in [0.25, 0.3) is 5.91 Å². The maximum absolute atomic E-state index is 13.2. The molecular weight excluding hydrogens is 374 g/mol. The van der Waals surface area contributed by atoms with Crippen LogP contribution in [0, 0.1) is 0 Å². The second-order valence-corrected chi connectivity index (χ2v) is 7.90. The summed E-state index contributed by atoms with van der Waals surface area (Å²) in [5, 5.41) is 5.64. The molecule has 1 spiro atoms. The minimum Gasteiger partial charge on any atom is -0.324 e. The van der Waals surface area contributed by atoms with E-state index in [2.05, 4.69) is 10.6 Å². The highest BCUT2D eigenvalue weighted by molar-refractivity contribution is 7.98. The number of imide groups is 1. The Balaban J connectivity index is 1.53. The number of carbonyl (C=O) groups excluding carboxylic acids is 3. The number of nitrogens with one attached hydrogen (secondary N) is 2.